The second-order valence-corrected chi connectivity index (χ2v) is 4.39. The molecule has 0 aliphatic rings. The van der Waals surface area contributed by atoms with Gasteiger partial charge in [0.05, 0.1) is 7.11 Å². The zero-order valence-corrected chi connectivity index (χ0v) is 11.5. The number of hydrogen-bond donors (Lipinski definition) is 2. The molecule has 1 atom stereocenters. The second kappa shape index (κ2) is 7.40. The van der Waals surface area contributed by atoms with E-state index in [4.69, 9.17) is 9.47 Å². The molecule has 0 heterocycles. The van der Waals surface area contributed by atoms with E-state index < -0.39 is 6.10 Å². The molecular weight excluding hydrogens is 254 g/mol. The summed E-state index contributed by atoms with van der Waals surface area (Å²) in [4.78, 5) is 0. The van der Waals surface area contributed by atoms with Crippen LogP contribution in [-0.2, 0) is 0 Å². The van der Waals surface area contributed by atoms with Crippen LogP contribution in [0.1, 0.15) is 0 Å². The van der Waals surface area contributed by atoms with E-state index in [0.29, 0.717) is 6.54 Å². The van der Waals surface area contributed by atoms with Crippen molar-refractivity contribution in [3.63, 3.8) is 0 Å². The van der Waals surface area contributed by atoms with Crippen molar-refractivity contribution < 1.29 is 14.6 Å². The molecule has 2 aromatic carbocycles. The summed E-state index contributed by atoms with van der Waals surface area (Å²) >= 11 is 0. The molecule has 0 radical (unpaired) electrons. The lowest BCUT2D eigenvalue weighted by Crippen LogP contribution is -2.26. The monoisotopic (exact) mass is 273 g/mol. The first-order valence-electron chi connectivity index (χ1n) is 6.52. The normalized spacial score (nSPS) is 11.7. The van der Waals surface area contributed by atoms with Crippen LogP contribution in [0, 0.1) is 0 Å². The Bertz CT molecular complexity index is 499. The Kier molecular flexibility index (Phi) is 5.26. The van der Waals surface area contributed by atoms with E-state index in [1.165, 1.54) is 0 Å². The number of hydrogen-bond acceptors (Lipinski definition) is 4. The van der Waals surface area contributed by atoms with Crippen molar-refractivity contribution in [2.24, 2.45) is 0 Å². The average molecular weight is 273 g/mol. The van der Waals surface area contributed by atoms with Crippen LogP contribution in [0.3, 0.4) is 0 Å². The Hall–Kier alpha value is -2.20. The molecule has 20 heavy (non-hydrogen) atoms. The number of para-hydroxylation sites is 1. The predicted molar refractivity (Wildman–Crippen MR) is 79.4 cm³/mol. The number of aliphatic hydroxyl groups is 1. The lowest BCUT2D eigenvalue weighted by molar-refractivity contribution is 0.117. The predicted octanol–water partition coefficient (Wildman–Crippen LogP) is 2.55. The number of methoxy groups -OCH3 is 1. The minimum atomic E-state index is -0.572. The molecule has 0 aliphatic carbocycles. The van der Waals surface area contributed by atoms with Gasteiger partial charge in [-0.05, 0) is 36.4 Å². The van der Waals surface area contributed by atoms with Gasteiger partial charge in [-0.2, -0.15) is 0 Å². The third-order valence-corrected chi connectivity index (χ3v) is 2.82. The Labute approximate surface area is 119 Å². The van der Waals surface area contributed by atoms with Crippen LogP contribution in [0.15, 0.2) is 54.6 Å². The average Bonchev–Trinajstić information content (AvgIpc) is 2.52. The summed E-state index contributed by atoms with van der Waals surface area (Å²) in [6.07, 6.45) is -0.572. The van der Waals surface area contributed by atoms with E-state index in [0.717, 1.165) is 17.2 Å². The van der Waals surface area contributed by atoms with Crippen molar-refractivity contribution >= 4 is 5.69 Å². The first-order valence-corrected chi connectivity index (χ1v) is 6.52. The molecule has 4 nitrogen and oxygen atoms in total. The molecule has 0 fully saturated rings. The zero-order valence-electron chi connectivity index (χ0n) is 11.5. The fourth-order valence-corrected chi connectivity index (χ4v) is 1.71. The van der Waals surface area contributed by atoms with Crippen molar-refractivity contribution in [1.82, 2.24) is 0 Å². The molecule has 0 amide bonds. The highest BCUT2D eigenvalue weighted by Crippen LogP contribution is 2.15. The summed E-state index contributed by atoms with van der Waals surface area (Å²) in [5, 5.41) is 13.0. The summed E-state index contributed by atoms with van der Waals surface area (Å²) in [5.74, 6) is 1.57. The fraction of sp³-hybridized carbons (Fsp3) is 0.250. The fourth-order valence-electron chi connectivity index (χ4n) is 1.71. The zero-order chi connectivity index (χ0) is 14.2. The topological polar surface area (TPSA) is 50.7 Å². The van der Waals surface area contributed by atoms with Crippen molar-refractivity contribution in [3.8, 4) is 11.5 Å². The lowest BCUT2D eigenvalue weighted by Gasteiger charge is -2.14. The maximum absolute atomic E-state index is 9.86. The van der Waals surface area contributed by atoms with Gasteiger partial charge in [-0.15, -0.1) is 0 Å². The van der Waals surface area contributed by atoms with E-state index in [1.807, 2.05) is 54.6 Å². The summed E-state index contributed by atoms with van der Waals surface area (Å²) < 4.78 is 10.6. The molecule has 4 heteroatoms. The van der Waals surface area contributed by atoms with E-state index in [9.17, 15) is 5.11 Å². The molecule has 0 bridgehead atoms. The molecule has 2 aromatic rings. The standard InChI is InChI=1S/C16H19NO3/c1-19-15-9-7-13(8-10-15)17-11-14(18)12-20-16-5-3-2-4-6-16/h2-10,14,17-18H,11-12H2,1H3. The molecule has 1 unspecified atom stereocenters. The summed E-state index contributed by atoms with van der Waals surface area (Å²) in [6, 6.07) is 17.0. The third-order valence-electron chi connectivity index (χ3n) is 2.82. The Morgan fingerprint density at radius 2 is 1.70 bits per heavy atom. The molecule has 0 spiro atoms. The van der Waals surface area contributed by atoms with E-state index in [-0.39, 0.29) is 6.61 Å². The van der Waals surface area contributed by atoms with Crippen molar-refractivity contribution in [2.75, 3.05) is 25.6 Å². The molecule has 0 aliphatic heterocycles. The largest absolute Gasteiger partial charge is 0.497 e. The van der Waals surface area contributed by atoms with E-state index in [2.05, 4.69) is 5.32 Å². The highest BCUT2D eigenvalue weighted by Gasteiger charge is 2.05. The first kappa shape index (κ1) is 14.2. The van der Waals surface area contributed by atoms with Gasteiger partial charge < -0.3 is 19.9 Å². The van der Waals surface area contributed by atoms with Crippen LogP contribution in [0.2, 0.25) is 0 Å². The van der Waals surface area contributed by atoms with Gasteiger partial charge >= 0.3 is 0 Å². The molecule has 2 rings (SSSR count). The van der Waals surface area contributed by atoms with E-state index in [1.54, 1.807) is 7.11 Å². The van der Waals surface area contributed by atoms with Crippen LogP contribution in [0.4, 0.5) is 5.69 Å². The molecule has 106 valence electrons. The van der Waals surface area contributed by atoms with Crippen LogP contribution in [0.25, 0.3) is 0 Å². The van der Waals surface area contributed by atoms with Crippen molar-refractivity contribution in [1.29, 1.82) is 0 Å². The van der Waals surface area contributed by atoms with Crippen LogP contribution in [-0.4, -0.2) is 31.5 Å². The molecule has 0 saturated heterocycles. The van der Waals surface area contributed by atoms with Gasteiger partial charge in [-0.25, -0.2) is 0 Å². The van der Waals surface area contributed by atoms with Gasteiger partial charge in [0, 0.05) is 12.2 Å². The maximum Gasteiger partial charge on any atom is 0.119 e. The minimum Gasteiger partial charge on any atom is -0.497 e. The summed E-state index contributed by atoms with van der Waals surface area (Å²) in [7, 11) is 1.63. The Morgan fingerprint density at radius 3 is 2.35 bits per heavy atom. The molecular formula is C16H19NO3. The maximum atomic E-state index is 9.86. The smallest absolute Gasteiger partial charge is 0.119 e. The number of rotatable bonds is 7. The number of nitrogens with one attached hydrogen (secondary N) is 1. The minimum absolute atomic E-state index is 0.257. The third kappa shape index (κ3) is 4.48. The molecule has 0 saturated carbocycles. The van der Waals surface area contributed by atoms with Gasteiger partial charge in [0.1, 0.15) is 24.2 Å². The number of anilines is 1. The lowest BCUT2D eigenvalue weighted by atomic mass is 10.3. The summed E-state index contributed by atoms with van der Waals surface area (Å²) in [5.41, 5.74) is 0.935. The highest BCUT2D eigenvalue weighted by molar-refractivity contribution is 5.46. The van der Waals surface area contributed by atoms with Crippen LogP contribution < -0.4 is 14.8 Å². The highest BCUT2D eigenvalue weighted by atomic mass is 16.5. The van der Waals surface area contributed by atoms with Crippen molar-refractivity contribution in [3.05, 3.63) is 54.6 Å². The summed E-state index contributed by atoms with van der Waals surface area (Å²) in [6.45, 7) is 0.687. The number of ether oxygens (including phenoxy) is 2. The second-order valence-electron chi connectivity index (χ2n) is 4.39. The number of benzene rings is 2. The molecule has 2 N–H and O–H groups in total. The van der Waals surface area contributed by atoms with Gasteiger partial charge in [0.2, 0.25) is 0 Å². The molecule has 0 aromatic heterocycles. The van der Waals surface area contributed by atoms with E-state index >= 15 is 0 Å². The van der Waals surface area contributed by atoms with Gasteiger partial charge in [-0.1, -0.05) is 18.2 Å². The van der Waals surface area contributed by atoms with Gasteiger partial charge in [0.25, 0.3) is 0 Å². The Balaban J connectivity index is 1.73. The Morgan fingerprint density at radius 1 is 1.00 bits per heavy atom. The quantitative estimate of drug-likeness (QED) is 0.814. The SMILES string of the molecule is COc1ccc(NCC(O)COc2ccccc2)cc1. The van der Waals surface area contributed by atoms with Crippen LogP contribution in [0.5, 0.6) is 11.5 Å². The van der Waals surface area contributed by atoms with Gasteiger partial charge in [0.15, 0.2) is 0 Å². The van der Waals surface area contributed by atoms with Crippen molar-refractivity contribution in [2.45, 2.75) is 6.10 Å². The number of aliphatic hydroxyl groups excluding tert-OH is 1. The van der Waals surface area contributed by atoms with Crippen LogP contribution >= 0.6 is 0 Å². The van der Waals surface area contributed by atoms with Gasteiger partial charge in [-0.3, -0.25) is 0 Å². The first-order chi connectivity index (χ1) is 9.78.